The summed E-state index contributed by atoms with van der Waals surface area (Å²) in [7, 11) is 3.77. The minimum Gasteiger partial charge on any atom is -0.461 e. The van der Waals surface area contributed by atoms with Gasteiger partial charge in [0, 0.05) is 48.7 Å². The van der Waals surface area contributed by atoms with Crippen molar-refractivity contribution < 1.29 is 23.4 Å². The van der Waals surface area contributed by atoms with Crippen LogP contribution in [0.2, 0.25) is 5.02 Å². The summed E-state index contributed by atoms with van der Waals surface area (Å²) < 4.78 is 46.7. The Morgan fingerprint density at radius 3 is 2.78 bits per heavy atom. The number of aliphatic hydroxyl groups is 1. The van der Waals surface area contributed by atoms with Gasteiger partial charge in [0.05, 0.1) is 53.6 Å². The van der Waals surface area contributed by atoms with Crippen molar-refractivity contribution in [3.8, 4) is 17.3 Å². The summed E-state index contributed by atoms with van der Waals surface area (Å²) in [4.78, 5) is 14.3. The quantitative estimate of drug-likeness (QED) is 0.209. The van der Waals surface area contributed by atoms with Gasteiger partial charge in [-0.15, -0.1) is 0 Å². The molecule has 9 rings (SSSR count). The van der Waals surface area contributed by atoms with Gasteiger partial charge in [-0.05, 0) is 79.8 Å². The lowest BCUT2D eigenvalue weighted by Crippen LogP contribution is -2.44. The van der Waals surface area contributed by atoms with Gasteiger partial charge in [0.1, 0.15) is 33.1 Å². The average molecular weight is 820 g/mol. The zero-order chi connectivity index (χ0) is 34.7. The second-order valence-corrected chi connectivity index (χ2v) is 16.2. The van der Waals surface area contributed by atoms with Gasteiger partial charge in [-0.1, -0.05) is 11.6 Å². The molecule has 0 radical (unpaired) electrons. The molecule has 7 heterocycles. The lowest BCUT2D eigenvalue weighted by atomic mass is 9.94. The molecular weight excluding hydrogens is 783 g/mol. The Balaban J connectivity index is 1.27. The summed E-state index contributed by atoms with van der Waals surface area (Å²) in [5, 5.41) is 25.6. The predicted octanol–water partition coefficient (Wildman–Crippen LogP) is 5.67. The SMILES string of the molecule is Cn1nc(-c2c(C3(F)CC3)c(Cl)cc3n[nH]c(I)c23)c2c1c1c(N3CCOC[C@@](C)(O)C3)nc(OC[C@@]34CCCN3C/C(=C\F)C4)nc1n2C. The fourth-order valence-corrected chi connectivity index (χ4v) is 9.57. The van der Waals surface area contributed by atoms with Crippen LogP contribution in [-0.2, 0) is 24.5 Å². The van der Waals surface area contributed by atoms with Crippen molar-refractivity contribution in [3.05, 3.63) is 32.3 Å². The molecule has 3 aliphatic heterocycles. The van der Waals surface area contributed by atoms with E-state index < -0.39 is 11.3 Å². The molecule has 0 unspecified atom stereocenters. The van der Waals surface area contributed by atoms with Crippen molar-refractivity contribution >= 4 is 73.0 Å². The van der Waals surface area contributed by atoms with E-state index in [0.29, 0.717) is 84.4 Å². The van der Waals surface area contributed by atoms with Crippen LogP contribution in [0.4, 0.5) is 14.6 Å². The molecule has 1 saturated carbocycles. The molecule has 2 atom stereocenters. The number of benzene rings is 1. The molecule has 4 fully saturated rings. The van der Waals surface area contributed by atoms with E-state index in [0.717, 1.165) is 56.8 Å². The molecule has 16 heteroatoms. The lowest BCUT2D eigenvalue weighted by Gasteiger charge is -2.31. The van der Waals surface area contributed by atoms with Crippen molar-refractivity contribution in [3.63, 3.8) is 0 Å². The number of alkyl halides is 1. The lowest BCUT2D eigenvalue weighted by molar-refractivity contribution is -0.0123. The smallest absolute Gasteiger partial charge is 0.320 e. The van der Waals surface area contributed by atoms with Gasteiger partial charge in [-0.25, -0.2) is 8.78 Å². The van der Waals surface area contributed by atoms with Crippen LogP contribution in [-0.4, -0.2) is 102 Å². The third kappa shape index (κ3) is 4.97. The molecule has 2 N–H and O–H groups in total. The van der Waals surface area contributed by atoms with Crippen LogP contribution in [0.5, 0.6) is 6.01 Å². The zero-order valence-electron chi connectivity index (χ0n) is 28.0. The summed E-state index contributed by atoms with van der Waals surface area (Å²) in [6.07, 6.45) is 4.00. The number of aromatic amines is 1. The fraction of sp³-hybridized carbons (Fsp3) is 0.529. The van der Waals surface area contributed by atoms with Gasteiger partial charge < -0.3 is 24.0 Å². The van der Waals surface area contributed by atoms with Crippen molar-refractivity contribution in [1.82, 2.24) is 39.4 Å². The zero-order valence-corrected chi connectivity index (χ0v) is 30.9. The number of anilines is 1. The van der Waals surface area contributed by atoms with E-state index in [2.05, 4.69) is 37.7 Å². The Kier molecular flexibility index (Phi) is 7.50. The molecule has 4 aliphatic rings. The first-order chi connectivity index (χ1) is 23.9. The van der Waals surface area contributed by atoms with Crippen LogP contribution in [0.1, 0.15) is 44.6 Å². The van der Waals surface area contributed by atoms with Gasteiger partial charge in [-0.3, -0.25) is 14.7 Å². The van der Waals surface area contributed by atoms with Crippen molar-refractivity contribution in [2.75, 3.05) is 50.9 Å². The Bertz CT molecular complexity index is 2250. The van der Waals surface area contributed by atoms with Crippen molar-refractivity contribution in [2.24, 2.45) is 14.1 Å². The fourth-order valence-electron chi connectivity index (χ4n) is 8.53. The van der Waals surface area contributed by atoms with Gasteiger partial charge in [0.15, 0.2) is 5.65 Å². The largest absolute Gasteiger partial charge is 0.461 e. The predicted molar refractivity (Wildman–Crippen MR) is 194 cm³/mol. The van der Waals surface area contributed by atoms with E-state index in [4.69, 9.17) is 36.1 Å². The summed E-state index contributed by atoms with van der Waals surface area (Å²) in [5.74, 6) is 0.575. The number of ether oxygens (including phenoxy) is 2. The molecular formula is C34H37ClF2IN9O3. The molecule has 264 valence electrons. The third-order valence-corrected chi connectivity index (χ3v) is 12.0. The highest BCUT2D eigenvalue weighted by atomic mass is 127. The average Bonchev–Trinajstić information content (AvgIpc) is 3.39. The topological polar surface area (TPSA) is 122 Å². The first kappa shape index (κ1) is 32.8. The number of hydrogen-bond donors (Lipinski definition) is 2. The second kappa shape index (κ2) is 11.4. The third-order valence-electron chi connectivity index (χ3n) is 11.0. The number of aryl methyl sites for hydroxylation is 2. The maximum atomic E-state index is 16.3. The Labute approximate surface area is 304 Å². The first-order valence-corrected chi connectivity index (χ1v) is 18.4. The van der Waals surface area contributed by atoms with E-state index in [1.54, 1.807) is 17.7 Å². The highest BCUT2D eigenvalue weighted by Crippen LogP contribution is 2.57. The molecule has 0 amide bonds. The van der Waals surface area contributed by atoms with Crippen LogP contribution >= 0.6 is 34.2 Å². The van der Waals surface area contributed by atoms with Crippen LogP contribution in [0, 0.1) is 3.70 Å². The van der Waals surface area contributed by atoms with Gasteiger partial charge in [0.25, 0.3) is 0 Å². The summed E-state index contributed by atoms with van der Waals surface area (Å²) >= 11 is 9.04. The van der Waals surface area contributed by atoms with Crippen LogP contribution in [0.25, 0.3) is 44.2 Å². The monoisotopic (exact) mass is 819 g/mol. The second-order valence-electron chi connectivity index (χ2n) is 14.7. The molecule has 50 heavy (non-hydrogen) atoms. The highest BCUT2D eigenvalue weighted by Gasteiger charge is 2.50. The van der Waals surface area contributed by atoms with Gasteiger partial charge in [0.2, 0.25) is 0 Å². The van der Waals surface area contributed by atoms with Crippen molar-refractivity contribution in [2.45, 2.75) is 55.8 Å². The number of nitrogens with one attached hydrogen (secondary N) is 1. The highest BCUT2D eigenvalue weighted by molar-refractivity contribution is 14.1. The number of hydrogen-bond acceptors (Lipinski definition) is 9. The standard InChI is InChI=1S/C34H37ClF2IN9O3/c1-32(48)15-46(9-10-49-16-32)30-23-26-27(44(2)29(23)39-31(40-30)50-17-33-5-4-8-47(33)14-18(12-33)13-36)25(43-45(26)3)22-21-20(41-42-28(21)38)11-19(35)24(22)34(37)6-7-34/h11,13,48H,4-10,12,14-17H2,1-3H3,(H,41,42)/b18-13-/t32-,33-/m0/s1. The molecule has 5 aromatic rings. The molecule has 4 aromatic heterocycles. The number of halogens is 4. The molecule has 3 saturated heterocycles. The molecule has 0 spiro atoms. The van der Waals surface area contributed by atoms with Crippen LogP contribution in [0.3, 0.4) is 0 Å². The molecule has 1 aromatic carbocycles. The Hall–Kier alpha value is -3.12. The Morgan fingerprint density at radius 1 is 1.18 bits per heavy atom. The summed E-state index contributed by atoms with van der Waals surface area (Å²) in [6, 6.07) is 1.91. The molecule has 0 bridgehead atoms. The Morgan fingerprint density at radius 2 is 2.00 bits per heavy atom. The van der Waals surface area contributed by atoms with Gasteiger partial charge in [-0.2, -0.15) is 20.2 Å². The van der Waals surface area contributed by atoms with E-state index in [9.17, 15) is 9.50 Å². The van der Waals surface area contributed by atoms with Crippen LogP contribution in [0.15, 0.2) is 18.0 Å². The minimum atomic E-state index is -1.57. The minimum absolute atomic E-state index is 0.186. The van der Waals surface area contributed by atoms with E-state index in [1.165, 1.54) is 0 Å². The normalized spacial score (nSPS) is 26.2. The number of H-pyrrole nitrogens is 1. The maximum absolute atomic E-state index is 16.3. The maximum Gasteiger partial charge on any atom is 0.320 e. The molecule has 12 nitrogen and oxygen atoms in total. The first-order valence-electron chi connectivity index (χ1n) is 16.9. The van der Waals surface area contributed by atoms with E-state index in [1.807, 2.05) is 23.6 Å². The van der Waals surface area contributed by atoms with Gasteiger partial charge >= 0.3 is 6.01 Å². The number of rotatable bonds is 6. The van der Waals surface area contributed by atoms with Crippen molar-refractivity contribution in [1.29, 1.82) is 0 Å². The van der Waals surface area contributed by atoms with Crippen LogP contribution < -0.4 is 9.64 Å². The van der Waals surface area contributed by atoms with E-state index >= 15 is 4.39 Å². The number of β-amino-alcohol motifs (C(OH)–C–C–N with tert-alkyl or cyclic N) is 1. The number of nitrogens with zero attached hydrogens (tertiary/aromatic N) is 8. The summed E-state index contributed by atoms with van der Waals surface area (Å²) in [5.41, 5.74) is 2.05. The molecule has 1 aliphatic carbocycles. The van der Waals surface area contributed by atoms with E-state index in [-0.39, 0.29) is 24.7 Å². The number of aromatic nitrogens is 7. The number of fused-ring (bicyclic) bond motifs is 5. The summed E-state index contributed by atoms with van der Waals surface area (Å²) in [6.45, 7) is 4.86.